The summed E-state index contributed by atoms with van der Waals surface area (Å²) in [7, 11) is 0. The number of aromatic nitrogens is 3. The van der Waals surface area contributed by atoms with Crippen LogP contribution >= 0.6 is 0 Å². The quantitative estimate of drug-likeness (QED) is 0.521. The first-order valence-electron chi connectivity index (χ1n) is 8.21. The van der Waals surface area contributed by atoms with Gasteiger partial charge in [-0.25, -0.2) is 9.97 Å². The zero-order valence-corrected chi connectivity index (χ0v) is 13.9. The third-order valence-corrected chi connectivity index (χ3v) is 4.08. The van der Waals surface area contributed by atoms with Gasteiger partial charge in [0, 0.05) is 29.2 Å². The Labute approximate surface area is 147 Å². The normalized spacial score (nSPS) is 10.6. The van der Waals surface area contributed by atoms with Crippen molar-refractivity contribution in [1.29, 1.82) is 0 Å². The van der Waals surface area contributed by atoms with Crippen molar-refractivity contribution < 1.29 is 0 Å². The second-order valence-electron chi connectivity index (χ2n) is 5.90. The van der Waals surface area contributed by atoms with Gasteiger partial charge in [-0.3, -0.25) is 4.98 Å². The van der Waals surface area contributed by atoms with Crippen LogP contribution in [-0.2, 0) is 0 Å². The van der Waals surface area contributed by atoms with Crippen LogP contribution in [0.15, 0.2) is 85.2 Å². The molecule has 0 N–H and O–H groups in total. The molecular formula is C22H17N3. The maximum absolute atomic E-state index is 4.74. The molecule has 0 aliphatic rings. The van der Waals surface area contributed by atoms with Crippen molar-refractivity contribution in [2.75, 3.05) is 0 Å². The molecule has 0 saturated carbocycles. The Morgan fingerprint density at radius 1 is 0.600 bits per heavy atom. The van der Waals surface area contributed by atoms with Gasteiger partial charge in [0.1, 0.15) is 0 Å². The van der Waals surface area contributed by atoms with Crippen LogP contribution in [0.4, 0.5) is 0 Å². The van der Waals surface area contributed by atoms with E-state index in [0.717, 1.165) is 28.3 Å². The molecule has 0 saturated heterocycles. The van der Waals surface area contributed by atoms with Crippen molar-refractivity contribution in [2.45, 2.75) is 6.92 Å². The maximum atomic E-state index is 4.74. The zero-order chi connectivity index (χ0) is 17.1. The largest absolute Gasteiger partial charge is 0.265 e. The molecule has 0 atom stereocenters. The van der Waals surface area contributed by atoms with Crippen molar-refractivity contribution >= 4 is 0 Å². The summed E-state index contributed by atoms with van der Waals surface area (Å²) < 4.78 is 0. The molecule has 3 nitrogen and oxygen atoms in total. The minimum atomic E-state index is 0.742. The lowest BCUT2D eigenvalue weighted by atomic mass is 10.0. The summed E-state index contributed by atoms with van der Waals surface area (Å²) in [5.41, 5.74) is 6.31. The number of pyridine rings is 1. The minimum Gasteiger partial charge on any atom is -0.265 e. The Bertz CT molecular complexity index is 979. The van der Waals surface area contributed by atoms with Crippen LogP contribution in [0.5, 0.6) is 0 Å². The number of nitrogens with zero attached hydrogens (tertiary/aromatic N) is 3. The smallest absolute Gasteiger partial charge is 0.160 e. The highest BCUT2D eigenvalue weighted by atomic mass is 14.9. The first-order chi connectivity index (χ1) is 12.3. The van der Waals surface area contributed by atoms with Crippen LogP contribution in [0, 0.1) is 6.92 Å². The molecule has 2 aromatic heterocycles. The molecule has 0 amide bonds. The van der Waals surface area contributed by atoms with Gasteiger partial charge < -0.3 is 0 Å². The third-order valence-electron chi connectivity index (χ3n) is 4.08. The molecule has 3 heteroatoms. The van der Waals surface area contributed by atoms with Gasteiger partial charge in [-0.05, 0) is 36.2 Å². The molecule has 0 fully saturated rings. The average molecular weight is 323 g/mol. The molecule has 0 bridgehead atoms. The van der Waals surface area contributed by atoms with E-state index < -0.39 is 0 Å². The molecule has 120 valence electrons. The molecule has 0 aliphatic heterocycles. The van der Waals surface area contributed by atoms with Gasteiger partial charge in [0.05, 0.1) is 5.69 Å². The van der Waals surface area contributed by atoms with E-state index in [0.29, 0.717) is 0 Å². The van der Waals surface area contributed by atoms with Gasteiger partial charge in [0.25, 0.3) is 0 Å². The van der Waals surface area contributed by atoms with Gasteiger partial charge in [0.2, 0.25) is 0 Å². The number of hydrogen-bond donors (Lipinski definition) is 0. The first-order valence-corrected chi connectivity index (χ1v) is 8.21. The highest BCUT2D eigenvalue weighted by Crippen LogP contribution is 2.25. The van der Waals surface area contributed by atoms with Gasteiger partial charge in [-0.2, -0.15) is 0 Å². The summed E-state index contributed by atoms with van der Waals surface area (Å²) in [5, 5.41) is 0. The van der Waals surface area contributed by atoms with E-state index in [1.165, 1.54) is 11.1 Å². The summed E-state index contributed by atoms with van der Waals surface area (Å²) in [5.74, 6) is 0.742. The van der Waals surface area contributed by atoms with E-state index in [9.17, 15) is 0 Å². The lowest BCUT2D eigenvalue weighted by Gasteiger charge is -2.07. The van der Waals surface area contributed by atoms with Crippen LogP contribution in [0.3, 0.4) is 0 Å². The van der Waals surface area contributed by atoms with Gasteiger partial charge in [-0.1, -0.05) is 54.6 Å². The Balaban J connectivity index is 1.71. The lowest BCUT2D eigenvalue weighted by Crippen LogP contribution is -1.95. The molecule has 2 heterocycles. The monoisotopic (exact) mass is 323 g/mol. The lowest BCUT2D eigenvalue weighted by molar-refractivity contribution is 1.11. The fourth-order valence-electron chi connectivity index (χ4n) is 2.81. The van der Waals surface area contributed by atoms with E-state index in [1.807, 2.05) is 43.3 Å². The van der Waals surface area contributed by atoms with Gasteiger partial charge in [-0.15, -0.1) is 0 Å². The topological polar surface area (TPSA) is 38.7 Å². The van der Waals surface area contributed by atoms with Crippen LogP contribution in [0.1, 0.15) is 5.69 Å². The SMILES string of the molecule is Cc1cc(-c2ccncc2)nc(-c2ccc(-c3ccccc3)cc2)n1. The Morgan fingerprint density at radius 3 is 1.96 bits per heavy atom. The molecule has 0 spiro atoms. The number of hydrogen-bond acceptors (Lipinski definition) is 3. The Kier molecular flexibility index (Phi) is 4.05. The summed E-state index contributed by atoms with van der Waals surface area (Å²) >= 11 is 0. The molecule has 2 aromatic carbocycles. The third kappa shape index (κ3) is 3.31. The predicted molar refractivity (Wildman–Crippen MR) is 101 cm³/mol. The maximum Gasteiger partial charge on any atom is 0.160 e. The molecule has 25 heavy (non-hydrogen) atoms. The fraction of sp³-hybridized carbons (Fsp3) is 0.0455. The van der Waals surface area contributed by atoms with E-state index in [-0.39, 0.29) is 0 Å². The Morgan fingerprint density at radius 2 is 1.24 bits per heavy atom. The second-order valence-corrected chi connectivity index (χ2v) is 5.90. The minimum absolute atomic E-state index is 0.742. The molecule has 4 rings (SSSR count). The second kappa shape index (κ2) is 6.65. The van der Waals surface area contributed by atoms with Crippen molar-refractivity contribution in [1.82, 2.24) is 15.0 Å². The van der Waals surface area contributed by atoms with Crippen molar-refractivity contribution in [2.24, 2.45) is 0 Å². The predicted octanol–water partition coefficient (Wildman–Crippen LogP) is 5.18. The number of benzene rings is 2. The summed E-state index contributed by atoms with van der Waals surface area (Å²) in [6.45, 7) is 1.99. The standard InChI is InChI=1S/C22H17N3/c1-16-15-21(19-11-13-23-14-12-19)25-22(24-16)20-9-7-18(8-10-20)17-5-3-2-4-6-17/h2-15H,1H3. The van der Waals surface area contributed by atoms with Crippen LogP contribution in [0.2, 0.25) is 0 Å². The fourth-order valence-corrected chi connectivity index (χ4v) is 2.81. The van der Waals surface area contributed by atoms with E-state index >= 15 is 0 Å². The number of rotatable bonds is 3. The van der Waals surface area contributed by atoms with E-state index in [4.69, 9.17) is 4.98 Å². The van der Waals surface area contributed by atoms with Crippen molar-refractivity contribution in [3.05, 3.63) is 90.9 Å². The van der Waals surface area contributed by atoms with Crippen molar-refractivity contribution in [3.8, 4) is 33.8 Å². The van der Waals surface area contributed by atoms with Gasteiger partial charge in [0.15, 0.2) is 5.82 Å². The highest BCUT2D eigenvalue weighted by molar-refractivity contribution is 5.69. The van der Waals surface area contributed by atoms with Crippen molar-refractivity contribution in [3.63, 3.8) is 0 Å². The molecule has 0 unspecified atom stereocenters. The van der Waals surface area contributed by atoms with E-state index in [2.05, 4.69) is 46.4 Å². The molecule has 0 aliphatic carbocycles. The average Bonchev–Trinajstić information content (AvgIpc) is 2.69. The summed E-state index contributed by atoms with van der Waals surface area (Å²) in [4.78, 5) is 13.4. The summed E-state index contributed by atoms with van der Waals surface area (Å²) in [6.07, 6.45) is 3.56. The first kappa shape index (κ1) is 15.2. The van der Waals surface area contributed by atoms with E-state index in [1.54, 1.807) is 12.4 Å². The molecular weight excluding hydrogens is 306 g/mol. The highest BCUT2D eigenvalue weighted by Gasteiger charge is 2.07. The summed E-state index contributed by atoms with van der Waals surface area (Å²) in [6, 6.07) is 24.7. The molecule has 4 aromatic rings. The molecule has 0 radical (unpaired) electrons. The van der Waals surface area contributed by atoms with Gasteiger partial charge >= 0.3 is 0 Å². The van der Waals surface area contributed by atoms with Crippen LogP contribution in [0.25, 0.3) is 33.8 Å². The number of aryl methyl sites for hydroxylation is 1. The van der Waals surface area contributed by atoms with Crippen LogP contribution in [-0.4, -0.2) is 15.0 Å². The zero-order valence-electron chi connectivity index (χ0n) is 13.9. The van der Waals surface area contributed by atoms with Crippen LogP contribution < -0.4 is 0 Å². The Hall–Kier alpha value is -3.33.